The molecule has 1 aliphatic rings. The smallest absolute Gasteiger partial charge is 0.354 e. The Kier molecular flexibility index (Phi) is 6.93. The predicted octanol–water partition coefficient (Wildman–Crippen LogP) is 3.90. The van der Waals surface area contributed by atoms with Crippen molar-refractivity contribution >= 4 is 29.2 Å². The van der Waals surface area contributed by atoms with Gasteiger partial charge in [0.15, 0.2) is 11.6 Å². The van der Waals surface area contributed by atoms with Crippen LogP contribution in [0.2, 0.25) is 5.02 Å². The second-order valence-electron chi connectivity index (χ2n) is 8.80. The number of halogens is 2. The van der Waals surface area contributed by atoms with Gasteiger partial charge in [0.25, 0.3) is 0 Å². The van der Waals surface area contributed by atoms with Gasteiger partial charge in [0.1, 0.15) is 0 Å². The minimum atomic E-state index is -0.965. The summed E-state index contributed by atoms with van der Waals surface area (Å²) in [6, 6.07) is 15.8. The van der Waals surface area contributed by atoms with Gasteiger partial charge in [0.05, 0.1) is 12.5 Å². The fourth-order valence-corrected chi connectivity index (χ4v) is 4.12. The molecule has 12 heteroatoms. The van der Waals surface area contributed by atoms with Crippen LogP contribution in [-0.4, -0.2) is 30.2 Å². The van der Waals surface area contributed by atoms with E-state index in [1.807, 2.05) is 0 Å². The molecule has 0 bridgehead atoms. The van der Waals surface area contributed by atoms with Crippen molar-refractivity contribution in [1.29, 1.82) is 0 Å². The first-order valence-electron chi connectivity index (χ1n) is 11.6. The SMILES string of the molecule is O=C(O)[C@H]1C[C@H]1Cn1c(=O)nc(Nc2ccc(Oc3ccccn3)c(F)c2)n(Cc2ccc(Cl)cc2)c1=O. The van der Waals surface area contributed by atoms with E-state index in [1.165, 1.54) is 22.9 Å². The molecule has 2 heterocycles. The number of aliphatic carboxylic acids is 1. The Hall–Kier alpha value is -4.51. The Labute approximate surface area is 219 Å². The van der Waals surface area contributed by atoms with E-state index in [9.17, 15) is 23.9 Å². The number of carbonyl (C=O) groups is 1. The third-order valence-electron chi connectivity index (χ3n) is 6.10. The molecule has 4 aromatic rings. The van der Waals surface area contributed by atoms with Crippen molar-refractivity contribution in [2.75, 3.05) is 5.32 Å². The average molecular weight is 538 g/mol. The second-order valence-corrected chi connectivity index (χ2v) is 9.24. The van der Waals surface area contributed by atoms with Gasteiger partial charge in [-0.1, -0.05) is 29.8 Å². The van der Waals surface area contributed by atoms with E-state index in [0.29, 0.717) is 17.0 Å². The highest BCUT2D eigenvalue weighted by atomic mass is 35.5. The van der Waals surface area contributed by atoms with Gasteiger partial charge in [-0.05, 0) is 48.2 Å². The number of anilines is 2. The lowest BCUT2D eigenvalue weighted by atomic mass is 10.2. The first kappa shape index (κ1) is 25.2. The standard InChI is InChI=1S/C26H21ClFN5O5/c27-17-6-4-15(5-7-17)13-32-24(31-25(36)33(26(32)37)14-16-11-19(16)23(34)35)30-18-8-9-21(20(28)12-18)38-22-3-1-2-10-29-22/h1-10,12,16,19H,11,13-14H2,(H,34,35)(H,30,31,36)/t16-,19-/m0/s1. The van der Waals surface area contributed by atoms with Crippen LogP contribution in [0.1, 0.15) is 12.0 Å². The molecule has 2 aromatic heterocycles. The lowest BCUT2D eigenvalue weighted by molar-refractivity contribution is -0.138. The molecular weight excluding hydrogens is 517 g/mol. The van der Waals surface area contributed by atoms with Crippen LogP contribution >= 0.6 is 11.6 Å². The molecule has 2 N–H and O–H groups in total. The molecule has 0 spiro atoms. The molecule has 0 radical (unpaired) electrons. The fraction of sp³-hybridized carbons (Fsp3) is 0.192. The summed E-state index contributed by atoms with van der Waals surface area (Å²) >= 11 is 5.98. The molecule has 2 aromatic carbocycles. The summed E-state index contributed by atoms with van der Waals surface area (Å²) in [4.78, 5) is 45.5. The molecule has 0 saturated heterocycles. The molecule has 1 fully saturated rings. The Morgan fingerprint density at radius 1 is 1.13 bits per heavy atom. The van der Waals surface area contributed by atoms with Crippen LogP contribution < -0.4 is 21.4 Å². The van der Waals surface area contributed by atoms with E-state index in [1.54, 1.807) is 42.5 Å². The first-order valence-corrected chi connectivity index (χ1v) is 12.0. The van der Waals surface area contributed by atoms with Gasteiger partial charge in [-0.25, -0.2) is 23.5 Å². The zero-order valence-corrected chi connectivity index (χ0v) is 20.5. The topological polar surface area (TPSA) is 128 Å². The van der Waals surface area contributed by atoms with Crippen molar-refractivity contribution < 1.29 is 19.0 Å². The lowest BCUT2D eigenvalue weighted by Gasteiger charge is -2.16. The van der Waals surface area contributed by atoms with E-state index in [4.69, 9.17) is 16.3 Å². The Morgan fingerprint density at radius 2 is 1.92 bits per heavy atom. The normalized spacial score (nSPS) is 16.2. The van der Waals surface area contributed by atoms with Crippen LogP contribution in [0, 0.1) is 17.7 Å². The number of rotatable bonds is 9. The highest BCUT2D eigenvalue weighted by molar-refractivity contribution is 6.30. The van der Waals surface area contributed by atoms with Crippen LogP contribution in [0.3, 0.4) is 0 Å². The van der Waals surface area contributed by atoms with Crippen molar-refractivity contribution in [2.24, 2.45) is 11.8 Å². The minimum absolute atomic E-state index is 0.0298. The molecule has 1 saturated carbocycles. The van der Waals surface area contributed by atoms with E-state index < -0.39 is 29.1 Å². The van der Waals surface area contributed by atoms with Crippen molar-refractivity contribution in [3.8, 4) is 11.6 Å². The van der Waals surface area contributed by atoms with Crippen LogP contribution in [0.4, 0.5) is 16.0 Å². The summed E-state index contributed by atoms with van der Waals surface area (Å²) in [7, 11) is 0. The number of ether oxygens (including phenoxy) is 1. The van der Waals surface area contributed by atoms with Gasteiger partial charge in [0, 0.05) is 35.6 Å². The quantitative estimate of drug-likeness (QED) is 0.329. The van der Waals surface area contributed by atoms with Crippen LogP contribution in [0.25, 0.3) is 0 Å². The van der Waals surface area contributed by atoms with E-state index in [-0.39, 0.29) is 42.3 Å². The van der Waals surface area contributed by atoms with Gasteiger partial charge in [-0.2, -0.15) is 4.98 Å². The van der Waals surface area contributed by atoms with E-state index >= 15 is 0 Å². The van der Waals surface area contributed by atoms with Crippen LogP contribution in [0.5, 0.6) is 11.6 Å². The zero-order chi connectivity index (χ0) is 26.8. The number of carboxylic acids is 1. The number of pyridine rings is 1. The highest BCUT2D eigenvalue weighted by Crippen LogP contribution is 2.39. The van der Waals surface area contributed by atoms with Gasteiger partial charge >= 0.3 is 17.3 Å². The molecule has 2 atom stereocenters. The molecule has 10 nitrogen and oxygen atoms in total. The Morgan fingerprint density at radius 3 is 2.58 bits per heavy atom. The molecule has 194 valence electrons. The fourth-order valence-electron chi connectivity index (χ4n) is 3.99. The summed E-state index contributed by atoms with van der Waals surface area (Å²) < 4.78 is 22.4. The molecule has 0 aliphatic heterocycles. The Bertz CT molecular complexity index is 1610. The average Bonchev–Trinajstić information content (AvgIpc) is 3.67. The maximum absolute atomic E-state index is 14.8. The first-order chi connectivity index (χ1) is 18.3. The maximum Gasteiger partial charge on any atom is 0.354 e. The van der Waals surface area contributed by atoms with Crippen LogP contribution in [-0.2, 0) is 17.9 Å². The predicted molar refractivity (Wildman–Crippen MR) is 137 cm³/mol. The zero-order valence-electron chi connectivity index (χ0n) is 19.8. The maximum atomic E-state index is 14.8. The molecule has 0 unspecified atom stereocenters. The third-order valence-corrected chi connectivity index (χ3v) is 6.35. The summed E-state index contributed by atoms with van der Waals surface area (Å²) in [6.45, 7) is -0.0291. The van der Waals surface area contributed by atoms with Crippen LogP contribution in [0.15, 0.2) is 76.4 Å². The van der Waals surface area contributed by atoms with E-state index in [0.717, 1.165) is 10.6 Å². The van der Waals surface area contributed by atoms with Crippen molar-refractivity contribution in [2.45, 2.75) is 19.5 Å². The second kappa shape index (κ2) is 10.5. The molecule has 38 heavy (non-hydrogen) atoms. The minimum Gasteiger partial charge on any atom is -0.481 e. The molecular formula is C26H21ClFN5O5. The summed E-state index contributed by atoms with van der Waals surface area (Å²) in [5.41, 5.74) is -0.588. The molecule has 5 rings (SSSR count). The Balaban J connectivity index is 1.47. The van der Waals surface area contributed by atoms with E-state index in [2.05, 4.69) is 15.3 Å². The molecule has 0 amide bonds. The third kappa shape index (κ3) is 5.57. The monoisotopic (exact) mass is 537 g/mol. The van der Waals surface area contributed by atoms with Gasteiger partial charge < -0.3 is 15.2 Å². The summed E-state index contributed by atoms with van der Waals surface area (Å²) in [5.74, 6) is -2.54. The number of hydrogen-bond acceptors (Lipinski definition) is 7. The van der Waals surface area contributed by atoms with Gasteiger partial charge in [-0.15, -0.1) is 0 Å². The van der Waals surface area contributed by atoms with Crippen molar-refractivity contribution in [1.82, 2.24) is 19.1 Å². The number of benzene rings is 2. The lowest BCUT2D eigenvalue weighted by Crippen LogP contribution is -2.43. The highest BCUT2D eigenvalue weighted by Gasteiger charge is 2.43. The number of hydrogen-bond donors (Lipinski definition) is 2. The number of carboxylic acid groups (broad SMARTS) is 1. The van der Waals surface area contributed by atoms with Crippen molar-refractivity contribution in [3.05, 3.63) is 104 Å². The summed E-state index contributed by atoms with van der Waals surface area (Å²) in [5, 5.41) is 12.6. The van der Waals surface area contributed by atoms with Gasteiger partial charge in [0.2, 0.25) is 11.8 Å². The van der Waals surface area contributed by atoms with Gasteiger partial charge in [-0.3, -0.25) is 9.36 Å². The molecule has 1 aliphatic carbocycles. The number of nitrogens with zero attached hydrogens (tertiary/aromatic N) is 4. The number of nitrogens with one attached hydrogen (secondary N) is 1. The van der Waals surface area contributed by atoms with Crippen molar-refractivity contribution in [3.63, 3.8) is 0 Å². The summed E-state index contributed by atoms with van der Waals surface area (Å²) in [6.07, 6.45) is 1.90. The number of aromatic nitrogens is 4. The largest absolute Gasteiger partial charge is 0.481 e.